The molecule has 1 atom stereocenters. The van der Waals surface area contributed by atoms with Crippen molar-refractivity contribution in [2.75, 3.05) is 39.3 Å². The quantitative estimate of drug-likeness (QED) is 0.706. The maximum atomic E-state index is 12.0. The van der Waals surface area contributed by atoms with Gasteiger partial charge in [0, 0.05) is 44.8 Å². The second-order valence-corrected chi connectivity index (χ2v) is 7.06. The monoisotopic (exact) mass is 276 g/mol. The molecule has 0 aromatic rings. The lowest BCUT2D eigenvalue weighted by atomic mass is 10.2. The van der Waals surface area contributed by atoms with E-state index in [4.69, 9.17) is 0 Å². The second kappa shape index (κ2) is 5.83. The predicted molar refractivity (Wildman–Crippen MR) is 71.6 cm³/mol. The van der Waals surface area contributed by atoms with Crippen LogP contribution in [0.2, 0.25) is 0 Å². The molecule has 2 aliphatic heterocycles. The molecule has 0 amide bonds. The third-order valence-corrected chi connectivity index (χ3v) is 5.36. The van der Waals surface area contributed by atoms with Crippen molar-refractivity contribution in [2.24, 2.45) is 0 Å². The van der Waals surface area contributed by atoms with E-state index in [0.717, 1.165) is 26.2 Å². The first-order valence-electron chi connectivity index (χ1n) is 6.71. The van der Waals surface area contributed by atoms with Gasteiger partial charge in [0.2, 0.25) is 0 Å². The number of piperazine rings is 1. The Kier molecular flexibility index (Phi) is 4.60. The van der Waals surface area contributed by atoms with Crippen molar-refractivity contribution in [3.8, 4) is 0 Å². The van der Waals surface area contributed by atoms with Crippen molar-refractivity contribution in [1.29, 1.82) is 0 Å². The first kappa shape index (κ1) is 14.2. The van der Waals surface area contributed by atoms with E-state index in [-0.39, 0.29) is 6.04 Å². The number of nitrogens with zero attached hydrogens (tertiary/aromatic N) is 2. The molecular formula is C11H24N4O2S. The van der Waals surface area contributed by atoms with Gasteiger partial charge in [0.25, 0.3) is 10.2 Å². The third-order valence-electron chi connectivity index (χ3n) is 3.55. The lowest BCUT2D eigenvalue weighted by molar-refractivity contribution is 0.144. The van der Waals surface area contributed by atoms with Crippen LogP contribution in [0.1, 0.15) is 20.3 Å². The van der Waals surface area contributed by atoms with E-state index in [1.807, 2.05) is 13.8 Å². The zero-order valence-corrected chi connectivity index (χ0v) is 12.0. The van der Waals surface area contributed by atoms with Crippen molar-refractivity contribution in [3.05, 3.63) is 0 Å². The highest BCUT2D eigenvalue weighted by Gasteiger charge is 2.30. The average Bonchev–Trinajstić information content (AvgIpc) is 2.81. The van der Waals surface area contributed by atoms with Crippen LogP contribution in [0.15, 0.2) is 0 Å². The standard InChI is InChI=1S/C11H24N4O2S/c1-10(2)13-18(16,17)15-7-5-14(6-8-15)11-3-4-12-9-11/h10-13H,3-9H2,1-2H3. The second-order valence-electron chi connectivity index (χ2n) is 5.36. The topological polar surface area (TPSA) is 64.7 Å². The van der Waals surface area contributed by atoms with Gasteiger partial charge in [-0.15, -0.1) is 0 Å². The fourth-order valence-corrected chi connectivity index (χ4v) is 4.02. The summed E-state index contributed by atoms with van der Waals surface area (Å²) in [6.07, 6.45) is 1.18. The maximum absolute atomic E-state index is 12.0. The Labute approximate surface area is 110 Å². The summed E-state index contributed by atoms with van der Waals surface area (Å²) in [5.41, 5.74) is 0. The van der Waals surface area contributed by atoms with E-state index in [2.05, 4.69) is 14.9 Å². The number of nitrogens with one attached hydrogen (secondary N) is 2. The van der Waals surface area contributed by atoms with Gasteiger partial charge in [-0.1, -0.05) is 0 Å². The minimum absolute atomic E-state index is 0.0490. The fraction of sp³-hybridized carbons (Fsp3) is 1.00. The van der Waals surface area contributed by atoms with E-state index < -0.39 is 10.2 Å². The van der Waals surface area contributed by atoms with Crippen LogP contribution < -0.4 is 10.0 Å². The van der Waals surface area contributed by atoms with Crippen molar-refractivity contribution < 1.29 is 8.42 Å². The van der Waals surface area contributed by atoms with E-state index >= 15 is 0 Å². The molecule has 1 unspecified atom stereocenters. The summed E-state index contributed by atoms with van der Waals surface area (Å²) in [6.45, 7) is 8.68. The van der Waals surface area contributed by atoms with Crippen LogP contribution in [0.5, 0.6) is 0 Å². The van der Waals surface area contributed by atoms with E-state index in [1.54, 1.807) is 4.31 Å². The van der Waals surface area contributed by atoms with Crippen molar-refractivity contribution >= 4 is 10.2 Å². The van der Waals surface area contributed by atoms with Crippen LogP contribution >= 0.6 is 0 Å². The first-order chi connectivity index (χ1) is 8.49. The Bertz CT molecular complexity index is 357. The summed E-state index contributed by atoms with van der Waals surface area (Å²) in [4.78, 5) is 2.40. The van der Waals surface area contributed by atoms with E-state index in [9.17, 15) is 8.42 Å². The van der Waals surface area contributed by atoms with Crippen LogP contribution in [-0.2, 0) is 10.2 Å². The minimum atomic E-state index is -3.29. The average molecular weight is 276 g/mol. The van der Waals surface area contributed by atoms with Gasteiger partial charge in [-0.05, 0) is 26.8 Å². The summed E-state index contributed by atoms with van der Waals surface area (Å²) in [7, 11) is -3.29. The highest BCUT2D eigenvalue weighted by atomic mass is 32.2. The molecule has 0 spiro atoms. The normalized spacial score (nSPS) is 28.1. The molecule has 2 heterocycles. The van der Waals surface area contributed by atoms with Gasteiger partial charge in [-0.3, -0.25) is 4.90 Å². The van der Waals surface area contributed by atoms with Crippen molar-refractivity contribution in [3.63, 3.8) is 0 Å². The highest BCUT2D eigenvalue weighted by molar-refractivity contribution is 7.87. The summed E-state index contributed by atoms with van der Waals surface area (Å²) in [6, 6.07) is 0.542. The highest BCUT2D eigenvalue weighted by Crippen LogP contribution is 2.13. The van der Waals surface area contributed by atoms with Crippen LogP contribution in [0.25, 0.3) is 0 Å². The van der Waals surface area contributed by atoms with Gasteiger partial charge in [0.15, 0.2) is 0 Å². The molecule has 7 heteroatoms. The van der Waals surface area contributed by atoms with Gasteiger partial charge in [0.05, 0.1) is 0 Å². The third kappa shape index (κ3) is 3.42. The Morgan fingerprint density at radius 2 is 1.89 bits per heavy atom. The van der Waals surface area contributed by atoms with E-state index in [1.165, 1.54) is 6.42 Å². The Balaban J connectivity index is 1.86. The van der Waals surface area contributed by atoms with Crippen LogP contribution in [-0.4, -0.2) is 69.0 Å². The molecule has 18 heavy (non-hydrogen) atoms. The predicted octanol–water partition coefficient (Wildman–Crippen LogP) is -0.791. The van der Waals surface area contributed by atoms with Crippen LogP contribution in [0.3, 0.4) is 0 Å². The summed E-state index contributed by atoms with van der Waals surface area (Å²) in [5.74, 6) is 0. The number of rotatable bonds is 4. The zero-order valence-electron chi connectivity index (χ0n) is 11.2. The molecule has 2 aliphatic rings. The molecule has 6 nitrogen and oxygen atoms in total. The molecule has 0 radical (unpaired) electrons. The smallest absolute Gasteiger partial charge is 0.279 e. The molecule has 2 saturated heterocycles. The first-order valence-corrected chi connectivity index (χ1v) is 8.15. The van der Waals surface area contributed by atoms with Crippen molar-refractivity contribution in [2.45, 2.75) is 32.4 Å². The lowest BCUT2D eigenvalue weighted by Crippen LogP contribution is -2.55. The minimum Gasteiger partial charge on any atom is -0.315 e. The van der Waals surface area contributed by atoms with Gasteiger partial charge in [-0.25, -0.2) is 0 Å². The largest absolute Gasteiger partial charge is 0.315 e. The Morgan fingerprint density at radius 1 is 1.22 bits per heavy atom. The van der Waals surface area contributed by atoms with Crippen molar-refractivity contribution in [1.82, 2.24) is 19.2 Å². The molecule has 2 fully saturated rings. The molecule has 0 aliphatic carbocycles. The summed E-state index contributed by atoms with van der Waals surface area (Å²) < 4.78 is 28.2. The molecule has 2 rings (SSSR count). The molecule has 0 bridgehead atoms. The molecule has 0 saturated carbocycles. The summed E-state index contributed by atoms with van der Waals surface area (Å²) >= 11 is 0. The Hall–Kier alpha value is -0.210. The molecule has 106 valence electrons. The van der Waals surface area contributed by atoms with Crippen LogP contribution in [0.4, 0.5) is 0 Å². The van der Waals surface area contributed by atoms with Crippen LogP contribution in [0, 0.1) is 0 Å². The molecule has 0 aromatic heterocycles. The molecular weight excluding hydrogens is 252 g/mol. The SMILES string of the molecule is CC(C)NS(=O)(=O)N1CCN(C2CCNC2)CC1. The van der Waals surface area contributed by atoms with Gasteiger partial charge in [0.1, 0.15) is 0 Å². The number of hydrogen-bond acceptors (Lipinski definition) is 4. The van der Waals surface area contributed by atoms with Gasteiger partial charge >= 0.3 is 0 Å². The zero-order chi connectivity index (χ0) is 13.2. The van der Waals surface area contributed by atoms with E-state index in [0.29, 0.717) is 19.1 Å². The molecule has 2 N–H and O–H groups in total. The lowest BCUT2D eigenvalue weighted by Gasteiger charge is -2.37. The molecule has 0 aromatic carbocycles. The number of hydrogen-bond donors (Lipinski definition) is 2. The maximum Gasteiger partial charge on any atom is 0.279 e. The van der Waals surface area contributed by atoms with Gasteiger partial charge in [-0.2, -0.15) is 17.4 Å². The van der Waals surface area contributed by atoms with Gasteiger partial charge < -0.3 is 5.32 Å². The Morgan fingerprint density at radius 3 is 2.39 bits per heavy atom. The fourth-order valence-electron chi connectivity index (χ4n) is 2.63. The summed E-state index contributed by atoms with van der Waals surface area (Å²) in [5, 5.41) is 3.35.